The SMILES string of the molecule is COc1ccc(C2=Cc3c(C)ccc(OCC4CC4)c3NC2)cc1. The van der Waals surface area contributed by atoms with Crippen molar-refractivity contribution in [1.82, 2.24) is 0 Å². The molecule has 4 rings (SSSR count). The van der Waals surface area contributed by atoms with Gasteiger partial charge in [-0.1, -0.05) is 18.2 Å². The first-order chi connectivity index (χ1) is 11.7. The Labute approximate surface area is 143 Å². The Kier molecular flexibility index (Phi) is 3.93. The number of ether oxygens (including phenoxy) is 2. The van der Waals surface area contributed by atoms with E-state index in [-0.39, 0.29) is 0 Å². The van der Waals surface area contributed by atoms with E-state index in [9.17, 15) is 0 Å². The third-order valence-electron chi connectivity index (χ3n) is 4.83. The van der Waals surface area contributed by atoms with Gasteiger partial charge in [-0.3, -0.25) is 0 Å². The van der Waals surface area contributed by atoms with E-state index >= 15 is 0 Å². The summed E-state index contributed by atoms with van der Waals surface area (Å²) in [6, 6.07) is 12.5. The van der Waals surface area contributed by atoms with Gasteiger partial charge in [0, 0.05) is 12.1 Å². The zero-order valence-electron chi connectivity index (χ0n) is 14.3. The highest BCUT2D eigenvalue weighted by atomic mass is 16.5. The summed E-state index contributed by atoms with van der Waals surface area (Å²) in [5.74, 6) is 2.62. The second-order valence-corrected chi connectivity index (χ2v) is 6.68. The van der Waals surface area contributed by atoms with Crippen LogP contribution in [0.3, 0.4) is 0 Å². The van der Waals surface area contributed by atoms with Crippen LogP contribution in [-0.2, 0) is 0 Å². The molecule has 1 aliphatic heterocycles. The smallest absolute Gasteiger partial charge is 0.143 e. The van der Waals surface area contributed by atoms with Crippen molar-refractivity contribution in [2.24, 2.45) is 5.92 Å². The maximum atomic E-state index is 6.05. The fraction of sp³-hybridized carbons (Fsp3) is 0.333. The van der Waals surface area contributed by atoms with Crippen molar-refractivity contribution in [2.75, 3.05) is 25.6 Å². The third-order valence-corrected chi connectivity index (χ3v) is 4.83. The molecule has 0 bridgehead atoms. The van der Waals surface area contributed by atoms with E-state index in [4.69, 9.17) is 9.47 Å². The van der Waals surface area contributed by atoms with Crippen LogP contribution in [0.5, 0.6) is 11.5 Å². The Morgan fingerprint density at radius 2 is 1.88 bits per heavy atom. The average molecular weight is 321 g/mol. The molecule has 0 spiro atoms. The Morgan fingerprint density at radius 3 is 2.58 bits per heavy atom. The van der Waals surface area contributed by atoms with Gasteiger partial charge in [0.1, 0.15) is 11.5 Å². The molecule has 3 nitrogen and oxygen atoms in total. The third kappa shape index (κ3) is 2.99. The van der Waals surface area contributed by atoms with Gasteiger partial charge in [0.15, 0.2) is 0 Å². The fourth-order valence-electron chi connectivity index (χ4n) is 3.08. The topological polar surface area (TPSA) is 30.5 Å². The highest BCUT2D eigenvalue weighted by Crippen LogP contribution is 2.39. The lowest BCUT2D eigenvalue weighted by Gasteiger charge is -2.23. The lowest BCUT2D eigenvalue weighted by Crippen LogP contribution is -2.13. The zero-order chi connectivity index (χ0) is 16.5. The van der Waals surface area contributed by atoms with Crippen LogP contribution in [0.2, 0.25) is 0 Å². The predicted octanol–water partition coefficient (Wildman–Crippen LogP) is 4.76. The van der Waals surface area contributed by atoms with E-state index in [1.54, 1.807) is 7.11 Å². The summed E-state index contributed by atoms with van der Waals surface area (Å²) in [4.78, 5) is 0. The molecule has 1 saturated carbocycles. The lowest BCUT2D eigenvalue weighted by atomic mass is 9.95. The van der Waals surface area contributed by atoms with Crippen LogP contribution in [0.1, 0.15) is 29.5 Å². The van der Waals surface area contributed by atoms with Crippen molar-refractivity contribution in [1.29, 1.82) is 0 Å². The number of benzene rings is 2. The highest BCUT2D eigenvalue weighted by molar-refractivity contribution is 5.93. The van der Waals surface area contributed by atoms with E-state index in [0.717, 1.165) is 36.3 Å². The monoisotopic (exact) mass is 321 g/mol. The first-order valence-electron chi connectivity index (χ1n) is 8.60. The Hall–Kier alpha value is -2.42. The summed E-state index contributed by atoms with van der Waals surface area (Å²) in [7, 11) is 1.69. The van der Waals surface area contributed by atoms with Crippen LogP contribution in [0, 0.1) is 12.8 Å². The Bertz CT molecular complexity index is 773. The molecule has 0 atom stereocenters. The number of nitrogens with one attached hydrogen (secondary N) is 1. The van der Waals surface area contributed by atoms with Gasteiger partial charge in [-0.15, -0.1) is 0 Å². The first-order valence-corrected chi connectivity index (χ1v) is 8.60. The van der Waals surface area contributed by atoms with Crippen molar-refractivity contribution >= 4 is 17.3 Å². The predicted molar refractivity (Wildman–Crippen MR) is 98.8 cm³/mol. The molecule has 24 heavy (non-hydrogen) atoms. The summed E-state index contributed by atoms with van der Waals surface area (Å²) >= 11 is 0. The summed E-state index contributed by atoms with van der Waals surface area (Å²) in [6.07, 6.45) is 4.90. The lowest BCUT2D eigenvalue weighted by molar-refractivity contribution is 0.301. The molecule has 0 saturated heterocycles. The molecule has 1 N–H and O–H groups in total. The van der Waals surface area contributed by atoms with Crippen LogP contribution in [0.25, 0.3) is 11.6 Å². The second-order valence-electron chi connectivity index (χ2n) is 6.68. The standard InChI is InChI=1S/C21H23NO2/c1-14-3-10-20(24-13-15-4-5-15)21-19(14)11-17(12-22-21)16-6-8-18(23-2)9-7-16/h3,6-11,15,22H,4-5,12-13H2,1-2H3. The molecule has 0 amide bonds. The summed E-state index contributed by atoms with van der Waals surface area (Å²) in [6.45, 7) is 3.80. The van der Waals surface area contributed by atoms with Crippen molar-refractivity contribution in [3.63, 3.8) is 0 Å². The van der Waals surface area contributed by atoms with Gasteiger partial charge in [-0.05, 0) is 66.7 Å². The van der Waals surface area contributed by atoms with Crippen LogP contribution in [-0.4, -0.2) is 20.3 Å². The molecule has 1 aliphatic carbocycles. The first kappa shape index (κ1) is 15.1. The summed E-state index contributed by atoms with van der Waals surface area (Å²) in [5, 5.41) is 3.57. The number of anilines is 1. The van der Waals surface area contributed by atoms with Crippen LogP contribution >= 0.6 is 0 Å². The number of hydrogen-bond donors (Lipinski definition) is 1. The Balaban J connectivity index is 1.64. The molecule has 0 radical (unpaired) electrons. The molecule has 0 unspecified atom stereocenters. The highest BCUT2D eigenvalue weighted by Gasteiger charge is 2.23. The van der Waals surface area contributed by atoms with Gasteiger partial charge < -0.3 is 14.8 Å². The molecular formula is C21H23NO2. The van der Waals surface area contributed by atoms with E-state index in [2.05, 4.69) is 42.6 Å². The normalized spacial score (nSPS) is 16.0. The molecule has 124 valence electrons. The van der Waals surface area contributed by atoms with Crippen molar-refractivity contribution in [2.45, 2.75) is 19.8 Å². The van der Waals surface area contributed by atoms with E-state index in [1.807, 2.05) is 12.1 Å². The molecule has 1 fully saturated rings. The summed E-state index contributed by atoms with van der Waals surface area (Å²) < 4.78 is 11.3. The molecule has 0 aromatic heterocycles. The van der Waals surface area contributed by atoms with Gasteiger partial charge in [0.2, 0.25) is 0 Å². The van der Waals surface area contributed by atoms with Gasteiger partial charge in [0.25, 0.3) is 0 Å². The number of hydrogen-bond acceptors (Lipinski definition) is 3. The number of aryl methyl sites for hydroxylation is 1. The van der Waals surface area contributed by atoms with E-state index in [1.165, 1.54) is 35.1 Å². The van der Waals surface area contributed by atoms with Crippen molar-refractivity contribution in [3.05, 3.63) is 53.1 Å². The second kappa shape index (κ2) is 6.23. The molecule has 2 aliphatic rings. The number of rotatable bonds is 5. The maximum absolute atomic E-state index is 6.05. The quantitative estimate of drug-likeness (QED) is 0.861. The van der Waals surface area contributed by atoms with Crippen molar-refractivity contribution < 1.29 is 9.47 Å². The molecule has 2 aromatic rings. The fourth-order valence-corrected chi connectivity index (χ4v) is 3.08. The minimum Gasteiger partial charge on any atom is -0.497 e. The maximum Gasteiger partial charge on any atom is 0.143 e. The Morgan fingerprint density at radius 1 is 1.08 bits per heavy atom. The van der Waals surface area contributed by atoms with Gasteiger partial charge >= 0.3 is 0 Å². The van der Waals surface area contributed by atoms with Crippen LogP contribution in [0.4, 0.5) is 5.69 Å². The van der Waals surface area contributed by atoms with Gasteiger partial charge in [-0.2, -0.15) is 0 Å². The van der Waals surface area contributed by atoms with Crippen molar-refractivity contribution in [3.8, 4) is 11.5 Å². The van der Waals surface area contributed by atoms with E-state index in [0.29, 0.717) is 0 Å². The van der Waals surface area contributed by atoms with E-state index < -0.39 is 0 Å². The van der Waals surface area contributed by atoms with Crippen LogP contribution < -0.4 is 14.8 Å². The van der Waals surface area contributed by atoms with Crippen LogP contribution in [0.15, 0.2) is 36.4 Å². The average Bonchev–Trinajstić information content (AvgIpc) is 3.45. The van der Waals surface area contributed by atoms with Gasteiger partial charge in [0.05, 0.1) is 19.4 Å². The molecular weight excluding hydrogens is 298 g/mol. The molecule has 2 aromatic carbocycles. The minimum absolute atomic E-state index is 0.760. The molecule has 3 heteroatoms. The zero-order valence-corrected chi connectivity index (χ0v) is 14.3. The minimum atomic E-state index is 0.760. The largest absolute Gasteiger partial charge is 0.497 e. The number of methoxy groups -OCH3 is 1. The summed E-state index contributed by atoms with van der Waals surface area (Å²) in [5.41, 5.74) is 6.14. The molecule has 1 heterocycles. The van der Waals surface area contributed by atoms with Gasteiger partial charge in [-0.25, -0.2) is 0 Å². The number of fused-ring (bicyclic) bond motifs is 1.